The van der Waals surface area contributed by atoms with Gasteiger partial charge in [-0.1, -0.05) is 283 Å². The molecule has 480 valence electrons. The summed E-state index contributed by atoms with van der Waals surface area (Å²) in [4.78, 5) is 13.3. The van der Waals surface area contributed by atoms with Crippen molar-refractivity contribution in [2.75, 3.05) is 19.8 Å². The molecule has 14 nitrogen and oxygen atoms in total. The predicted molar refractivity (Wildman–Crippen MR) is 328 cm³/mol. The molecule has 2 fully saturated rings. The Bertz CT molecular complexity index is 1410. The van der Waals surface area contributed by atoms with Gasteiger partial charge in [0.15, 0.2) is 12.6 Å². The minimum absolute atomic E-state index is 0.210. The third-order valence-electron chi connectivity index (χ3n) is 17.2. The summed E-state index contributed by atoms with van der Waals surface area (Å²) in [5.41, 5.74) is 0. The molecule has 2 aliphatic heterocycles. The van der Waals surface area contributed by atoms with Crippen LogP contribution in [0.25, 0.3) is 0 Å². The van der Waals surface area contributed by atoms with E-state index in [1.165, 1.54) is 218 Å². The number of carbonyl (C=O) groups excluding carboxylic acids is 1. The van der Waals surface area contributed by atoms with Gasteiger partial charge in [0.25, 0.3) is 0 Å². The van der Waals surface area contributed by atoms with E-state index in [1.54, 1.807) is 0 Å². The third-order valence-corrected chi connectivity index (χ3v) is 17.2. The number of aliphatic hydroxyl groups excluding tert-OH is 8. The second-order valence-corrected chi connectivity index (χ2v) is 24.7. The standard InChI is InChI=1S/C67H129NO13/c1-3-5-7-9-11-13-15-17-19-20-21-22-23-24-25-26-27-28-29-30-31-32-33-34-35-37-38-40-42-44-46-48-50-56(71)55(68-59(72)51-49-47-45-43-41-39-36-18-16-14-12-10-8-6-4-2)54-78-66-64(77)62(75)65(58(53-70)80-66)81-67-63(76)61(74)60(73)57(52-69)79-67/h18,36,55-58,60-67,69-71,73-77H,3-17,19-35,37-54H2,1-2H3,(H,68,72)/b36-18-. The zero-order valence-electron chi connectivity index (χ0n) is 52.1. The van der Waals surface area contributed by atoms with E-state index in [0.29, 0.717) is 19.3 Å². The van der Waals surface area contributed by atoms with Gasteiger partial charge >= 0.3 is 0 Å². The molecule has 12 atom stereocenters. The Labute approximate surface area is 495 Å². The number of amides is 1. The highest BCUT2D eigenvalue weighted by atomic mass is 16.7. The maximum atomic E-state index is 13.3. The highest BCUT2D eigenvalue weighted by Gasteiger charge is 2.51. The van der Waals surface area contributed by atoms with Gasteiger partial charge in [0.2, 0.25) is 5.91 Å². The number of hydrogen-bond donors (Lipinski definition) is 9. The van der Waals surface area contributed by atoms with Crippen LogP contribution in [0.4, 0.5) is 0 Å². The molecule has 1 amide bonds. The first-order valence-electron chi connectivity index (χ1n) is 34.4. The molecule has 0 spiro atoms. The highest BCUT2D eigenvalue weighted by Crippen LogP contribution is 2.30. The third kappa shape index (κ3) is 37.8. The Morgan fingerprint density at radius 2 is 0.778 bits per heavy atom. The van der Waals surface area contributed by atoms with Crippen LogP contribution in [0.5, 0.6) is 0 Å². The van der Waals surface area contributed by atoms with Crippen LogP contribution in [0.2, 0.25) is 0 Å². The normalized spacial score (nSPS) is 24.1. The van der Waals surface area contributed by atoms with Crippen LogP contribution in [0, 0.1) is 0 Å². The summed E-state index contributed by atoms with van der Waals surface area (Å²) >= 11 is 0. The SMILES string of the molecule is CCCCCCCC/C=C\CCCCCCCC(=O)NC(COC1OC(CO)C(OC2OC(CO)C(O)C(O)C2O)C(O)C1O)C(O)CCCCCCCCCCCCCCCCCCCCCCCCCCCCCCCCCC. The van der Waals surface area contributed by atoms with Crippen LogP contribution < -0.4 is 5.32 Å². The molecular weight excluding hydrogens is 1030 g/mol. The molecule has 2 heterocycles. The monoisotopic (exact) mass is 1160 g/mol. The van der Waals surface area contributed by atoms with Crippen molar-refractivity contribution >= 4 is 5.91 Å². The van der Waals surface area contributed by atoms with Gasteiger partial charge in [-0.15, -0.1) is 0 Å². The molecule has 0 saturated carbocycles. The fraction of sp³-hybridized carbons (Fsp3) is 0.955. The number of hydrogen-bond acceptors (Lipinski definition) is 13. The van der Waals surface area contributed by atoms with Crippen molar-refractivity contribution in [1.29, 1.82) is 0 Å². The van der Waals surface area contributed by atoms with E-state index in [1.807, 2.05) is 0 Å². The van der Waals surface area contributed by atoms with Gasteiger partial charge in [-0.2, -0.15) is 0 Å². The molecule has 2 saturated heterocycles. The number of unbranched alkanes of at least 4 members (excludes halogenated alkanes) is 42. The second-order valence-electron chi connectivity index (χ2n) is 24.7. The molecule has 14 heteroatoms. The van der Waals surface area contributed by atoms with Crippen LogP contribution in [0.15, 0.2) is 12.2 Å². The lowest BCUT2D eigenvalue weighted by Gasteiger charge is -2.46. The lowest BCUT2D eigenvalue weighted by atomic mass is 9.97. The number of rotatable bonds is 57. The first-order chi connectivity index (χ1) is 39.6. The van der Waals surface area contributed by atoms with Gasteiger partial charge in [0.05, 0.1) is 32.0 Å². The number of allylic oxidation sites excluding steroid dienone is 2. The van der Waals surface area contributed by atoms with Crippen molar-refractivity contribution in [3.05, 3.63) is 12.2 Å². The first kappa shape index (κ1) is 75.8. The fourth-order valence-electron chi connectivity index (χ4n) is 11.7. The summed E-state index contributed by atoms with van der Waals surface area (Å²) in [7, 11) is 0. The largest absolute Gasteiger partial charge is 0.394 e. The van der Waals surface area contributed by atoms with Crippen molar-refractivity contribution in [3.63, 3.8) is 0 Å². The lowest BCUT2D eigenvalue weighted by Crippen LogP contribution is -2.65. The van der Waals surface area contributed by atoms with Crippen LogP contribution in [0.1, 0.15) is 316 Å². The molecule has 2 aliphatic rings. The van der Waals surface area contributed by atoms with Gasteiger partial charge in [-0.25, -0.2) is 0 Å². The molecule has 2 rings (SSSR count). The Morgan fingerprint density at radius 1 is 0.432 bits per heavy atom. The minimum Gasteiger partial charge on any atom is -0.394 e. The van der Waals surface area contributed by atoms with Crippen molar-refractivity contribution < 1.29 is 64.6 Å². The number of ether oxygens (including phenoxy) is 4. The molecule has 0 radical (unpaired) electrons. The Hall–Kier alpha value is -1.27. The topological polar surface area (TPSA) is 228 Å². The lowest BCUT2D eigenvalue weighted by molar-refractivity contribution is -0.359. The maximum Gasteiger partial charge on any atom is 0.220 e. The summed E-state index contributed by atoms with van der Waals surface area (Å²) in [5, 5.41) is 87.4. The fourth-order valence-corrected chi connectivity index (χ4v) is 11.7. The molecule has 0 aromatic rings. The van der Waals surface area contributed by atoms with Crippen LogP contribution in [0.3, 0.4) is 0 Å². The highest BCUT2D eigenvalue weighted by molar-refractivity contribution is 5.76. The van der Waals surface area contributed by atoms with E-state index in [-0.39, 0.29) is 12.5 Å². The van der Waals surface area contributed by atoms with Crippen molar-refractivity contribution in [2.24, 2.45) is 0 Å². The summed E-state index contributed by atoms with van der Waals surface area (Å²) in [6.07, 6.45) is 46.7. The maximum absolute atomic E-state index is 13.3. The Morgan fingerprint density at radius 3 is 1.17 bits per heavy atom. The van der Waals surface area contributed by atoms with E-state index in [2.05, 4.69) is 31.3 Å². The van der Waals surface area contributed by atoms with E-state index < -0.39 is 86.8 Å². The van der Waals surface area contributed by atoms with E-state index >= 15 is 0 Å². The molecule has 0 bridgehead atoms. The van der Waals surface area contributed by atoms with Gasteiger partial charge in [0.1, 0.15) is 48.8 Å². The number of nitrogens with one attached hydrogen (secondary N) is 1. The van der Waals surface area contributed by atoms with E-state index in [9.17, 15) is 45.6 Å². The smallest absolute Gasteiger partial charge is 0.220 e. The molecule has 12 unspecified atom stereocenters. The van der Waals surface area contributed by atoms with Gasteiger partial charge in [-0.05, 0) is 38.5 Å². The quantitative estimate of drug-likeness (QED) is 0.0204. The van der Waals surface area contributed by atoms with Crippen LogP contribution in [-0.4, -0.2) is 140 Å². The average molecular weight is 1160 g/mol. The minimum atomic E-state index is -1.78. The molecule has 0 aromatic heterocycles. The molecule has 81 heavy (non-hydrogen) atoms. The van der Waals surface area contributed by atoms with Crippen molar-refractivity contribution in [2.45, 2.75) is 389 Å². The Balaban J connectivity index is 1.63. The van der Waals surface area contributed by atoms with Gasteiger partial charge in [-0.3, -0.25) is 4.79 Å². The van der Waals surface area contributed by atoms with Gasteiger partial charge < -0.3 is 65.1 Å². The molecule has 0 aromatic carbocycles. The average Bonchev–Trinajstić information content (AvgIpc) is 3.47. The van der Waals surface area contributed by atoms with Crippen molar-refractivity contribution in [1.82, 2.24) is 5.32 Å². The van der Waals surface area contributed by atoms with Crippen LogP contribution >= 0.6 is 0 Å². The zero-order chi connectivity index (χ0) is 58.8. The zero-order valence-corrected chi connectivity index (χ0v) is 52.1. The first-order valence-corrected chi connectivity index (χ1v) is 34.4. The predicted octanol–water partition coefficient (Wildman–Crippen LogP) is 13.4. The second kappa shape index (κ2) is 53.0. The number of aliphatic hydroxyl groups is 8. The Kier molecular flexibility index (Phi) is 49.6. The number of carbonyl (C=O) groups is 1. The molecule has 9 N–H and O–H groups in total. The van der Waals surface area contributed by atoms with Crippen molar-refractivity contribution in [3.8, 4) is 0 Å². The van der Waals surface area contributed by atoms with E-state index in [4.69, 9.17) is 18.9 Å². The summed E-state index contributed by atoms with van der Waals surface area (Å²) in [6.45, 7) is 2.89. The summed E-state index contributed by atoms with van der Waals surface area (Å²) in [6, 6.07) is -0.831. The van der Waals surface area contributed by atoms with Gasteiger partial charge in [0, 0.05) is 6.42 Å². The van der Waals surface area contributed by atoms with E-state index in [0.717, 1.165) is 64.2 Å². The van der Waals surface area contributed by atoms with Crippen LogP contribution in [-0.2, 0) is 23.7 Å². The molecule has 0 aliphatic carbocycles. The summed E-state index contributed by atoms with van der Waals surface area (Å²) in [5.74, 6) is -0.210. The molecular formula is C67H129NO13. The summed E-state index contributed by atoms with van der Waals surface area (Å²) < 4.78 is 22.9.